The van der Waals surface area contributed by atoms with Gasteiger partial charge in [-0.3, -0.25) is 14.9 Å². The van der Waals surface area contributed by atoms with Gasteiger partial charge in [-0.25, -0.2) is 0 Å². The summed E-state index contributed by atoms with van der Waals surface area (Å²) < 4.78 is 4.97. The monoisotopic (exact) mass is 312 g/mol. The Morgan fingerprint density at radius 2 is 1.96 bits per heavy atom. The van der Waals surface area contributed by atoms with Crippen LogP contribution in [0.2, 0.25) is 0 Å². The number of nitro benzene ring substituents is 1. The fourth-order valence-corrected chi connectivity index (χ4v) is 2.82. The van der Waals surface area contributed by atoms with E-state index >= 15 is 0 Å². The van der Waals surface area contributed by atoms with Crippen molar-refractivity contribution in [2.24, 2.45) is 0 Å². The number of nitro groups is 1. The van der Waals surface area contributed by atoms with Crippen LogP contribution in [0.1, 0.15) is 21.5 Å². The summed E-state index contributed by atoms with van der Waals surface area (Å²) in [6.45, 7) is 1.13. The highest BCUT2D eigenvalue weighted by molar-refractivity contribution is 5.95. The van der Waals surface area contributed by atoms with Crippen LogP contribution in [0.5, 0.6) is 5.75 Å². The van der Waals surface area contributed by atoms with E-state index in [2.05, 4.69) is 6.07 Å². The molecule has 0 fully saturated rings. The number of hydrogen-bond acceptors (Lipinski definition) is 4. The van der Waals surface area contributed by atoms with Crippen LogP contribution in [0, 0.1) is 10.1 Å². The van der Waals surface area contributed by atoms with Gasteiger partial charge in [0, 0.05) is 24.7 Å². The number of hydrogen-bond donors (Lipinski definition) is 0. The molecular formula is C17H16N2O4. The topological polar surface area (TPSA) is 72.7 Å². The molecule has 6 heteroatoms. The van der Waals surface area contributed by atoms with Gasteiger partial charge in [-0.2, -0.15) is 0 Å². The van der Waals surface area contributed by atoms with Crippen molar-refractivity contribution in [1.29, 1.82) is 0 Å². The zero-order valence-corrected chi connectivity index (χ0v) is 12.7. The second-order valence-electron chi connectivity index (χ2n) is 5.39. The normalized spacial score (nSPS) is 13.3. The molecule has 0 aromatic heterocycles. The van der Waals surface area contributed by atoms with Gasteiger partial charge in [0.15, 0.2) is 5.75 Å². The molecule has 23 heavy (non-hydrogen) atoms. The fourth-order valence-electron chi connectivity index (χ4n) is 2.82. The summed E-state index contributed by atoms with van der Waals surface area (Å²) in [5.41, 5.74) is 2.47. The molecule has 0 bridgehead atoms. The van der Waals surface area contributed by atoms with Gasteiger partial charge in [0.05, 0.1) is 12.0 Å². The van der Waals surface area contributed by atoms with Crippen molar-refractivity contribution in [3.63, 3.8) is 0 Å². The molecule has 0 N–H and O–H groups in total. The van der Waals surface area contributed by atoms with E-state index in [0.717, 1.165) is 12.0 Å². The molecule has 2 aromatic carbocycles. The molecule has 0 atom stereocenters. The molecule has 118 valence electrons. The lowest BCUT2D eigenvalue weighted by atomic mass is 9.99. The SMILES string of the molecule is COc1ccc(C(=O)N2CCc3ccccc3C2)cc1[N+](=O)[O-]. The Morgan fingerprint density at radius 1 is 1.22 bits per heavy atom. The number of amides is 1. The van der Waals surface area contributed by atoms with E-state index in [0.29, 0.717) is 18.7 Å². The van der Waals surface area contributed by atoms with Gasteiger partial charge < -0.3 is 9.64 Å². The predicted molar refractivity (Wildman–Crippen MR) is 84.5 cm³/mol. The molecule has 6 nitrogen and oxygen atoms in total. The van der Waals surface area contributed by atoms with Crippen LogP contribution >= 0.6 is 0 Å². The maximum absolute atomic E-state index is 12.6. The van der Waals surface area contributed by atoms with Gasteiger partial charge in [-0.05, 0) is 29.7 Å². The minimum Gasteiger partial charge on any atom is -0.490 e. The lowest BCUT2D eigenvalue weighted by Crippen LogP contribution is -2.35. The zero-order valence-electron chi connectivity index (χ0n) is 12.7. The summed E-state index contributed by atoms with van der Waals surface area (Å²) in [5, 5.41) is 11.1. The number of rotatable bonds is 3. The minimum absolute atomic E-state index is 0.149. The van der Waals surface area contributed by atoms with Crippen molar-refractivity contribution in [2.75, 3.05) is 13.7 Å². The van der Waals surface area contributed by atoms with E-state index in [1.807, 2.05) is 18.2 Å². The van der Waals surface area contributed by atoms with Crippen LogP contribution in [-0.4, -0.2) is 29.4 Å². The van der Waals surface area contributed by atoms with Gasteiger partial charge in [0.25, 0.3) is 5.91 Å². The Kier molecular flexibility index (Phi) is 3.97. The van der Waals surface area contributed by atoms with E-state index in [1.54, 1.807) is 11.0 Å². The van der Waals surface area contributed by atoms with Crippen LogP contribution in [0.15, 0.2) is 42.5 Å². The maximum Gasteiger partial charge on any atom is 0.311 e. The lowest BCUT2D eigenvalue weighted by Gasteiger charge is -2.29. The van der Waals surface area contributed by atoms with E-state index in [-0.39, 0.29) is 17.3 Å². The largest absolute Gasteiger partial charge is 0.490 e. The number of ether oxygens (including phenoxy) is 1. The lowest BCUT2D eigenvalue weighted by molar-refractivity contribution is -0.385. The van der Waals surface area contributed by atoms with E-state index in [1.165, 1.54) is 24.8 Å². The summed E-state index contributed by atoms with van der Waals surface area (Å²) in [5.74, 6) is -0.0548. The van der Waals surface area contributed by atoms with Crippen molar-refractivity contribution in [2.45, 2.75) is 13.0 Å². The first kappa shape index (κ1) is 15.0. The Balaban J connectivity index is 1.87. The molecule has 3 rings (SSSR count). The van der Waals surface area contributed by atoms with Crippen molar-refractivity contribution >= 4 is 11.6 Å². The summed E-state index contributed by atoms with van der Waals surface area (Å²) in [4.78, 5) is 24.9. The molecule has 1 aliphatic rings. The summed E-state index contributed by atoms with van der Waals surface area (Å²) in [6, 6.07) is 12.3. The third-order valence-corrected chi connectivity index (χ3v) is 4.04. The molecule has 0 unspecified atom stereocenters. The van der Waals surface area contributed by atoms with Crippen LogP contribution in [0.4, 0.5) is 5.69 Å². The smallest absolute Gasteiger partial charge is 0.311 e. The molecule has 0 aliphatic carbocycles. The standard InChI is InChI=1S/C17H16N2O4/c1-23-16-7-6-13(10-15(16)19(21)22)17(20)18-9-8-12-4-2-3-5-14(12)11-18/h2-7,10H,8-9,11H2,1H3. The van der Waals surface area contributed by atoms with Crippen LogP contribution in [0.3, 0.4) is 0 Å². The molecule has 1 aliphatic heterocycles. The average Bonchev–Trinajstić information content (AvgIpc) is 2.60. The molecule has 2 aromatic rings. The first-order chi connectivity index (χ1) is 11.1. The second-order valence-corrected chi connectivity index (χ2v) is 5.39. The Bertz CT molecular complexity index is 773. The van der Waals surface area contributed by atoms with Gasteiger partial charge in [0.2, 0.25) is 0 Å². The van der Waals surface area contributed by atoms with E-state index in [9.17, 15) is 14.9 Å². The number of carbonyl (C=O) groups is 1. The number of carbonyl (C=O) groups excluding carboxylic acids is 1. The molecule has 1 heterocycles. The third kappa shape index (κ3) is 2.88. The van der Waals surface area contributed by atoms with Crippen molar-refractivity contribution in [3.05, 3.63) is 69.3 Å². The van der Waals surface area contributed by atoms with Gasteiger partial charge in [0.1, 0.15) is 0 Å². The molecule has 0 saturated heterocycles. The van der Waals surface area contributed by atoms with Gasteiger partial charge >= 0.3 is 5.69 Å². The fraction of sp³-hybridized carbons (Fsp3) is 0.235. The number of benzene rings is 2. The summed E-state index contributed by atoms with van der Waals surface area (Å²) in [7, 11) is 1.37. The molecule has 0 spiro atoms. The number of fused-ring (bicyclic) bond motifs is 1. The Labute approximate surface area is 133 Å². The Hall–Kier alpha value is -2.89. The Morgan fingerprint density at radius 3 is 2.65 bits per heavy atom. The highest BCUT2D eigenvalue weighted by atomic mass is 16.6. The van der Waals surface area contributed by atoms with Gasteiger partial charge in [-0.15, -0.1) is 0 Å². The first-order valence-electron chi connectivity index (χ1n) is 7.28. The quantitative estimate of drug-likeness (QED) is 0.645. The maximum atomic E-state index is 12.6. The molecule has 1 amide bonds. The van der Waals surface area contributed by atoms with Crippen molar-refractivity contribution in [3.8, 4) is 5.75 Å². The van der Waals surface area contributed by atoms with E-state index in [4.69, 9.17) is 4.74 Å². The number of nitrogens with zero attached hydrogens (tertiary/aromatic N) is 2. The molecular weight excluding hydrogens is 296 g/mol. The van der Waals surface area contributed by atoms with Gasteiger partial charge in [-0.1, -0.05) is 24.3 Å². The van der Waals surface area contributed by atoms with E-state index < -0.39 is 4.92 Å². The van der Waals surface area contributed by atoms with Crippen molar-refractivity contribution < 1.29 is 14.5 Å². The highest BCUT2D eigenvalue weighted by Gasteiger charge is 2.24. The van der Waals surface area contributed by atoms with Crippen LogP contribution in [0.25, 0.3) is 0 Å². The summed E-state index contributed by atoms with van der Waals surface area (Å²) in [6.07, 6.45) is 0.792. The third-order valence-electron chi connectivity index (χ3n) is 4.04. The first-order valence-corrected chi connectivity index (χ1v) is 7.28. The second kappa shape index (κ2) is 6.08. The minimum atomic E-state index is -0.541. The highest BCUT2D eigenvalue weighted by Crippen LogP contribution is 2.29. The van der Waals surface area contributed by atoms with Crippen LogP contribution < -0.4 is 4.74 Å². The molecule has 0 radical (unpaired) electrons. The zero-order chi connectivity index (χ0) is 16.4. The molecule has 0 saturated carbocycles. The summed E-state index contributed by atoms with van der Waals surface area (Å²) >= 11 is 0. The van der Waals surface area contributed by atoms with Crippen LogP contribution in [-0.2, 0) is 13.0 Å². The average molecular weight is 312 g/mol. The van der Waals surface area contributed by atoms with Crippen molar-refractivity contribution in [1.82, 2.24) is 4.90 Å². The predicted octanol–water partition coefficient (Wildman–Crippen LogP) is 2.80. The number of methoxy groups -OCH3 is 1.